The van der Waals surface area contributed by atoms with Crippen LogP contribution in [0, 0.1) is 0 Å². The molecule has 0 aromatic carbocycles. The third-order valence-corrected chi connectivity index (χ3v) is 2.80. The van der Waals surface area contributed by atoms with Crippen molar-refractivity contribution < 1.29 is 19.2 Å². The van der Waals surface area contributed by atoms with Crippen LogP contribution in [0.15, 0.2) is 0 Å². The van der Waals surface area contributed by atoms with Crippen LogP contribution in [-0.4, -0.2) is 53.8 Å². The molecule has 0 spiro atoms. The van der Waals surface area contributed by atoms with Crippen molar-refractivity contribution in [2.45, 2.75) is 52.2 Å². The summed E-state index contributed by atoms with van der Waals surface area (Å²) in [6, 6.07) is -0.480. The number of hydrogen-bond acceptors (Lipinski definition) is 4. The molecule has 1 atom stereocenters. The van der Waals surface area contributed by atoms with Gasteiger partial charge in [-0.3, -0.25) is 14.5 Å². The Morgan fingerprint density at radius 3 is 2.53 bits per heavy atom. The highest BCUT2D eigenvalue weighted by atomic mass is 16.7. The Bertz CT molecular complexity index is 338. The molecule has 1 aliphatic rings. The lowest BCUT2D eigenvalue weighted by Gasteiger charge is -2.29. The van der Waals surface area contributed by atoms with E-state index >= 15 is 0 Å². The van der Waals surface area contributed by atoms with Crippen molar-refractivity contribution in [2.75, 3.05) is 20.2 Å². The number of carbonyl (C=O) groups is 2. The molecule has 2 amide bonds. The fourth-order valence-electron chi connectivity index (χ4n) is 2.03. The molecule has 1 aliphatic heterocycles. The molecular formula is C13H24N2O4. The van der Waals surface area contributed by atoms with Gasteiger partial charge in [0.2, 0.25) is 0 Å². The first kappa shape index (κ1) is 15.8. The average Bonchev–Trinajstić information content (AvgIpc) is 2.74. The van der Waals surface area contributed by atoms with Crippen LogP contribution >= 0.6 is 0 Å². The lowest BCUT2D eigenvalue weighted by atomic mass is 10.2. The van der Waals surface area contributed by atoms with Gasteiger partial charge in [-0.2, -0.15) is 0 Å². The van der Waals surface area contributed by atoms with Gasteiger partial charge >= 0.3 is 6.09 Å². The van der Waals surface area contributed by atoms with Gasteiger partial charge in [-0.15, -0.1) is 0 Å². The van der Waals surface area contributed by atoms with E-state index in [1.807, 2.05) is 27.7 Å². The van der Waals surface area contributed by atoms with Crippen LogP contribution in [0.5, 0.6) is 0 Å². The van der Waals surface area contributed by atoms with E-state index in [1.54, 1.807) is 7.05 Å². The normalized spacial score (nSPS) is 19.4. The summed E-state index contributed by atoms with van der Waals surface area (Å²) in [4.78, 5) is 30.9. The van der Waals surface area contributed by atoms with E-state index in [0.29, 0.717) is 19.6 Å². The van der Waals surface area contributed by atoms with Gasteiger partial charge in [-0.25, -0.2) is 9.86 Å². The second-order valence-electron chi connectivity index (χ2n) is 5.59. The number of hydroxylamine groups is 2. The lowest BCUT2D eigenvalue weighted by Crippen LogP contribution is -2.48. The SMILES string of the molecule is CCON(C)C(=O)[C@@H]1CCCN1C(=O)OC(C)(C)C. The Morgan fingerprint density at radius 1 is 1.37 bits per heavy atom. The maximum atomic E-state index is 12.2. The van der Waals surface area contributed by atoms with Gasteiger partial charge in [0, 0.05) is 13.6 Å². The molecule has 1 heterocycles. The Balaban J connectivity index is 2.68. The summed E-state index contributed by atoms with van der Waals surface area (Å²) in [6.07, 6.45) is 1.01. The first-order valence-corrected chi connectivity index (χ1v) is 6.66. The molecule has 1 fully saturated rings. The maximum Gasteiger partial charge on any atom is 0.410 e. The van der Waals surface area contributed by atoms with Gasteiger partial charge in [0.05, 0.1) is 6.61 Å². The first-order valence-electron chi connectivity index (χ1n) is 6.66. The smallest absolute Gasteiger partial charge is 0.410 e. The predicted octanol–water partition coefficient (Wildman–Crippen LogP) is 1.80. The van der Waals surface area contributed by atoms with Crippen molar-refractivity contribution in [3.05, 3.63) is 0 Å². The van der Waals surface area contributed by atoms with Crippen molar-refractivity contribution in [3.8, 4) is 0 Å². The summed E-state index contributed by atoms with van der Waals surface area (Å²) in [6.45, 7) is 8.20. The van der Waals surface area contributed by atoms with Crippen LogP contribution in [0.3, 0.4) is 0 Å². The monoisotopic (exact) mass is 272 g/mol. The Kier molecular flexibility index (Phi) is 5.17. The van der Waals surface area contributed by atoms with Crippen LogP contribution in [0.2, 0.25) is 0 Å². The predicted molar refractivity (Wildman–Crippen MR) is 70.4 cm³/mol. The Labute approximate surface area is 114 Å². The number of nitrogens with zero attached hydrogens (tertiary/aromatic N) is 2. The number of amides is 2. The standard InChI is InChI=1S/C13H24N2O4/c1-6-18-14(5)11(16)10-8-7-9-15(10)12(17)19-13(2,3)4/h10H,6-9H2,1-5H3/t10-/m0/s1. The number of likely N-dealkylation sites (N-methyl/N-ethyl adjacent to an activating group) is 1. The topological polar surface area (TPSA) is 59.1 Å². The minimum Gasteiger partial charge on any atom is -0.444 e. The van der Waals surface area contributed by atoms with E-state index in [-0.39, 0.29) is 5.91 Å². The molecular weight excluding hydrogens is 248 g/mol. The van der Waals surface area contributed by atoms with Crippen LogP contribution in [-0.2, 0) is 14.4 Å². The van der Waals surface area contributed by atoms with Crippen molar-refractivity contribution in [3.63, 3.8) is 0 Å². The molecule has 0 aromatic heterocycles. The Morgan fingerprint density at radius 2 is 2.00 bits per heavy atom. The van der Waals surface area contributed by atoms with E-state index < -0.39 is 17.7 Å². The quantitative estimate of drug-likeness (QED) is 0.735. The molecule has 19 heavy (non-hydrogen) atoms. The molecule has 1 saturated heterocycles. The van der Waals surface area contributed by atoms with E-state index in [4.69, 9.17) is 9.57 Å². The minimum absolute atomic E-state index is 0.204. The molecule has 110 valence electrons. The first-order chi connectivity index (χ1) is 8.76. The van der Waals surface area contributed by atoms with Crippen molar-refractivity contribution in [1.82, 2.24) is 9.96 Å². The van der Waals surface area contributed by atoms with Crippen molar-refractivity contribution >= 4 is 12.0 Å². The highest BCUT2D eigenvalue weighted by molar-refractivity contribution is 5.85. The zero-order valence-corrected chi connectivity index (χ0v) is 12.4. The molecule has 1 rings (SSSR count). The van der Waals surface area contributed by atoms with Crippen molar-refractivity contribution in [1.29, 1.82) is 0 Å². The highest BCUT2D eigenvalue weighted by Gasteiger charge is 2.38. The van der Waals surface area contributed by atoms with Gasteiger partial charge in [0.15, 0.2) is 0 Å². The summed E-state index contributed by atoms with van der Waals surface area (Å²) < 4.78 is 5.32. The van der Waals surface area contributed by atoms with Gasteiger partial charge in [-0.05, 0) is 40.5 Å². The molecule has 0 unspecified atom stereocenters. The zero-order valence-electron chi connectivity index (χ0n) is 12.4. The van der Waals surface area contributed by atoms with E-state index in [0.717, 1.165) is 6.42 Å². The summed E-state index contributed by atoms with van der Waals surface area (Å²) >= 11 is 0. The zero-order chi connectivity index (χ0) is 14.6. The largest absolute Gasteiger partial charge is 0.444 e. The molecule has 0 N–H and O–H groups in total. The van der Waals surface area contributed by atoms with E-state index in [1.165, 1.54) is 9.96 Å². The number of likely N-dealkylation sites (tertiary alicyclic amines) is 1. The molecule has 0 saturated carbocycles. The second kappa shape index (κ2) is 6.23. The minimum atomic E-state index is -0.556. The summed E-state index contributed by atoms with van der Waals surface area (Å²) in [5.41, 5.74) is -0.556. The van der Waals surface area contributed by atoms with Gasteiger partial charge in [0.1, 0.15) is 11.6 Å². The lowest BCUT2D eigenvalue weighted by molar-refractivity contribution is -0.181. The van der Waals surface area contributed by atoms with Crippen molar-refractivity contribution in [2.24, 2.45) is 0 Å². The molecule has 0 bridgehead atoms. The second-order valence-corrected chi connectivity index (χ2v) is 5.59. The molecule has 0 aliphatic carbocycles. The van der Waals surface area contributed by atoms with Crippen LogP contribution in [0.1, 0.15) is 40.5 Å². The molecule has 6 nitrogen and oxygen atoms in total. The number of rotatable bonds is 3. The van der Waals surface area contributed by atoms with Crippen LogP contribution in [0.25, 0.3) is 0 Å². The van der Waals surface area contributed by atoms with Gasteiger partial charge in [0.25, 0.3) is 5.91 Å². The summed E-state index contributed by atoms with van der Waals surface area (Å²) in [5.74, 6) is -0.204. The van der Waals surface area contributed by atoms with E-state index in [2.05, 4.69) is 0 Å². The maximum absolute atomic E-state index is 12.2. The fraction of sp³-hybridized carbons (Fsp3) is 0.846. The fourth-order valence-corrected chi connectivity index (χ4v) is 2.03. The number of carbonyl (C=O) groups excluding carboxylic acids is 2. The summed E-state index contributed by atoms with van der Waals surface area (Å²) in [5, 5.41) is 1.20. The molecule has 0 radical (unpaired) electrons. The van der Waals surface area contributed by atoms with E-state index in [9.17, 15) is 9.59 Å². The number of ether oxygens (including phenoxy) is 1. The Hall–Kier alpha value is -1.30. The third-order valence-electron chi connectivity index (χ3n) is 2.80. The van der Waals surface area contributed by atoms with Gasteiger partial charge < -0.3 is 4.74 Å². The number of hydrogen-bond donors (Lipinski definition) is 0. The average molecular weight is 272 g/mol. The van der Waals surface area contributed by atoms with Crippen LogP contribution < -0.4 is 0 Å². The third kappa shape index (κ3) is 4.38. The molecule has 6 heteroatoms. The summed E-state index contributed by atoms with van der Waals surface area (Å²) in [7, 11) is 1.57. The van der Waals surface area contributed by atoms with Gasteiger partial charge in [-0.1, -0.05) is 0 Å². The highest BCUT2D eigenvalue weighted by Crippen LogP contribution is 2.22. The van der Waals surface area contributed by atoms with Crippen LogP contribution in [0.4, 0.5) is 4.79 Å². The molecule has 0 aromatic rings.